The smallest absolute Gasteiger partial charge is 0.143 e. The van der Waals surface area contributed by atoms with E-state index in [9.17, 15) is 26.3 Å². The van der Waals surface area contributed by atoms with Gasteiger partial charge in [-0.25, -0.2) is 26.3 Å². The molecule has 0 spiro atoms. The monoisotopic (exact) mass is 326 g/mol. The van der Waals surface area contributed by atoms with Gasteiger partial charge in [-0.2, -0.15) is 0 Å². The van der Waals surface area contributed by atoms with Crippen molar-refractivity contribution in [2.24, 2.45) is 0 Å². The maximum absolute atomic E-state index is 13.3. The van der Waals surface area contributed by atoms with Gasteiger partial charge in [0.25, 0.3) is 0 Å². The van der Waals surface area contributed by atoms with Gasteiger partial charge < -0.3 is 0 Å². The molecule has 0 atom stereocenters. The molecule has 2 rings (SSSR count). The van der Waals surface area contributed by atoms with Gasteiger partial charge in [0.05, 0.1) is 9.79 Å². The van der Waals surface area contributed by atoms with Crippen molar-refractivity contribution in [3.63, 3.8) is 0 Å². The summed E-state index contributed by atoms with van der Waals surface area (Å²) in [4.78, 5) is -1.20. The number of hydrogen-bond acceptors (Lipinski definition) is 2. The van der Waals surface area contributed by atoms with Crippen LogP contribution in [0.3, 0.4) is 0 Å². The van der Waals surface area contributed by atoms with E-state index in [4.69, 9.17) is 0 Å². The van der Waals surface area contributed by atoms with Gasteiger partial charge in [0.1, 0.15) is 34.9 Å². The molecule has 106 valence electrons. The minimum atomic E-state index is -1.19. The normalized spacial score (nSPS) is 10.9. The van der Waals surface area contributed by atoms with Crippen molar-refractivity contribution in [1.82, 2.24) is 0 Å². The van der Waals surface area contributed by atoms with E-state index >= 15 is 0 Å². The molecule has 2 aromatic carbocycles. The average Bonchev–Trinajstić information content (AvgIpc) is 2.30. The number of hydrogen-bond donors (Lipinski definition) is 0. The zero-order valence-corrected chi connectivity index (χ0v) is 11.0. The fourth-order valence-corrected chi connectivity index (χ4v) is 3.48. The van der Waals surface area contributed by atoms with Crippen LogP contribution in [0.5, 0.6) is 0 Å². The van der Waals surface area contributed by atoms with Crippen molar-refractivity contribution in [1.29, 1.82) is 0 Å². The highest BCUT2D eigenvalue weighted by atomic mass is 33.1. The highest BCUT2D eigenvalue weighted by Gasteiger charge is 2.17. The number of rotatable bonds is 3. The average molecular weight is 326 g/mol. The molecular formula is C12H4F6S2. The van der Waals surface area contributed by atoms with Crippen molar-refractivity contribution in [3.8, 4) is 0 Å². The van der Waals surface area contributed by atoms with Crippen LogP contribution in [0.2, 0.25) is 0 Å². The van der Waals surface area contributed by atoms with Gasteiger partial charge in [0.2, 0.25) is 0 Å². The second kappa shape index (κ2) is 6.01. The molecule has 0 heterocycles. The molecule has 0 radical (unpaired) electrons. The minimum Gasteiger partial charge on any atom is -0.207 e. The third kappa shape index (κ3) is 3.24. The van der Waals surface area contributed by atoms with Crippen LogP contribution in [-0.4, -0.2) is 0 Å². The van der Waals surface area contributed by atoms with Crippen LogP contribution in [-0.2, 0) is 0 Å². The van der Waals surface area contributed by atoms with Crippen molar-refractivity contribution in [2.45, 2.75) is 9.79 Å². The van der Waals surface area contributed by atoms with Gasteiger partial charge in [-0.05, 0) is 21.6 Å². The molecule has 0 aliphatic rings. The maximum Gasteiger partial charge on any atom is 0.143 e. The molecule has 0 aliphatic carbocycles. The quantitative estimate of drug-likeness (QED) is 0.553. The third-order valence-corrected chi connectivity index (χ3v) is 4.58. The molecule has 0 saturated carbocycles. The number of benzene rings is 2. The van der Waals surface area contributed by atoms with Gasteiger partial charge in [-0.15, -0.1) is 0 Å². The zero-order valence-electron chi connectivity index (χ0n) is 9.39. The van der Waals surface area contributed by atoms with Crippen LogP contribution in [0.1, 0.15) is 0 Å². The first-order valence-corrected chi connectivity index (χ1v) is 7.17. The Kier molecular flexibility index (Phi) is 4.54. The first kappa shape index (κ1) is 15.1. The first-order valence-electron chi connectivity index (χ1n) is 5.02. The molecule has 8 heteroatoms. The van der Waals surface area contributed by atoms with Crippen molar-refractivity contribution in [3.05, 3.63) is 59.2 Å². The van der Waals surface area contributed by atoms with Crippen LogP contribution in [0.15, 0.2) is 34.1 Å². The second-order valence-corrected chi connectivity index (χ2v) is 5.71. The summed E-state index contributed by atoms with van der Waals surface area (Å²) < 4.78 is 78.6. The first-order chi connectivity index (χ1) is 9.38. The van der Waals surface area contributed by atoms with E-state index in [2.05, 4.69) is 0 Å². The largest absolute Gasteiger partial charge is 0.207 e. The van der Waals surface area contributed by atoms with Gasteiger partial charge in [0.15, 0.2) is 0 Å². The summed E-state index contributed by atoms with van der Waals surface area (Å²) >= 11 is 0. The Morgan fingerprint density at radius 1 is 0.500 bits per heavy atom. The van der Waals surface area contributed by atoms with E-state index in [0.29, 0.717) is 45.9 Å². The molecule has 2 aromatic rings. The van der Waals surface area contributed by atoms with Gasteiger partial charge in [0, 0.05) is 24.3 Å². The lowest BCUT2D eigenvalue weighted by Crippen LogP contribution is -1.91. The SMILES string of the molecule is Fc1cc(F)c(SSc2c(F)cc(F)cc2F)c(F)c1. The van der Waals surface area contributed by atoms with E-state index in [1.165, 1.54) is 0 Å². The predicted octanol–water partition coefficient (Wildman–Crippen LogP) is 5.32. The summed E-state index contributed by atoms with van der Waals surface area (Å²) in [6, 6.07) is 1.79. The lowest BCUT2D eigenvalue weighted by atomic mass is 10.3. The second-order valence-electron chi connectivity index (χ2n) is 3.56. The van der Waals surface area contributed by atoms with Crippen LogP contribution >= 0.6 is 21.6 Å². The molecule has 0 N–H and O–H groups in total. The molecule has 0 aliphatic heterocycles. The Hall–Kier alpha value is -1.28. The van der Waals surface area contributed by atoms with Gasteiger partial charge in [-0.3, -0.25) is 0 Å². The van der Waals surface area contributed by atoms with Gasteiger partial charge >= 0.3 is 0 Å². The molecule has 0 bridgehead atoms. The number of halogens is 6. The van der Waals surface area contributed by atoms with Crippen LogP contribution in [0.4, 0.5) is 26.3 Å². The Morgan fingerprint density at radius 3 is 1.00 bits per heavy atom. The topological polar surface area (TPSA) is 0 Å². The standard InChI is InChI=1S/C12H4F6S2/c13-5-1-7(15)11(8(16)2-5)19-20-12-9(17)3-6(14)4-10(12)18/h1-4H. The summed E-state index contributed by atoms with van der Waals surface area (Å²) in [7, 11) is 0.734. The van der Waals surface area contributed by atoms with E-state index in [0.717, 1.165) is 0 Å². The van der Waals surface area contributed by atoms with Crippen molar-refractivity contribution in [2.75, 3.05) is 0 Å². The van der Waals surface area contributed by atoms with E-state index < -0.39 is 44.7 Å². The Balaban J connectivity index is 2.26. The summed E-state index contributed by atoms with van der Waals surface area (Å²) in [5.74, 6) is -6.97. The molecular weight excluding hydrogens is 322 g/mol. The lowest BCUT2D eigenvalue weighted by Gasteiger charge is -2.06. The Morgan fingerprint density at radius 2 is 0.750 bits per heavy atom. The van der Waals surface area contributed by atoms with Crippen molar-refractivity contribution >= 4 is 21.6 Å². The molecule has 0 aromatic heterocycles. The van der Waals surface area contributed by atoms with Crippen LogP contribution < -0.4 is 0 Å². The fraction of sp³-hybridized carbons (Fsp3) is 0. The Bertz CT molecular complexity index is 555. The summed E-state index contributed by atoms with van der Waals surface area (Å²) in [6.07, 6.45) is 0. The fourth-order valence-electron chi connectivity index (χ4n) is 1.30. The zero-order chi connectivity index (χ0) is 14.9. The molecule has 20 heavy (non-hydrogen) atoms. The van der Waals surface area contributed by atoms with Crippen LogP contribution in [0.25, 0.3) is 0 Å². The molecule has 0 amide bonds. The Labute approximate surface area is 117 Å². The molecule has 0 fully saturated rings. The highest BCUT2D eigenvalue weighted by Crippen LogP contribution is 2.42. The van der Waals surface area contributed by atoms with E-state index in [-0.39, 0.29) is 0 Å². The maximum atomic E-state index is 13.3. The highest BCUT2D eigenvalue weighted by molar-refractivity contribution is 8.76. The predicted molar refractivity (Wildman–Crippen MR) is 64.3 cm³/mol. The molecule has 0 unspecified atom stereocenters. The summed E-state index contributed by atoms with van der Waals surface area (Å²) in [5, 5.41) is 0. The molecule has 0 nitrogen and oxygen atoms in total. The van der Waals surface area contributed by atoms with E-state index in [1.807, 2.05) is 0 Å². The lowest BCUT2D eigenvalue weighted by molar-refractivity contribution is 0.509. The van der Waals surface area contributed by atoms with Crippen LogP contribution in [0, 0.1) is 34.9 Å². The summed E-state index contributed by atoms with van der Waals surface area (Å²) in [6.45, 7) is 0. The van der Waals surface area contributed by atoms with Gasteiger partial charge in [-0.1, -0.05) is 0 Å². The summed E-state index contributed by atoms with van der Waals surface area (Å²) in [5.41, 5.74) is 0. The van der Waals surface area contributed by atoms with E-state index in [1.54, 1.807) is 0 Å². The minimum absolute atomic E-state index is 0.367. The third-order valence-electron chi connectivity index (χ3n) is 2.13. The molecule has 0 saturated heterocycles. The van der Waals surface area contributed by atoms with Crippen molar-refractivity contribution < 1.29 is 26.3 Å².